The van der Waals surface area contributed by atoms with E-state index in [2.05, 4.69) is 34.5 Å². The molecular formula is C41H46N4O4S. The number of rotatable bonds is 14. The molecule has 260 valence electrons. The molecule has 1 aliphatic heterocycles. The number of carbonyl (C=O) groups excluding carboxylic acids is 1. The van der Waals surface area contributed by atoms with Crippen LogP contribution in [0.3, 0.4) is 0 Å². The Bertz CT molecular complexity index is 1890. The maximum Gasteiger partial charge on any atom is 0.318 e. The van der Waals surface area contributed by atoms with Crippen LogP contribution in [-0.2, 0) is 34.4 Å². The smallest absolute Gasteiger partial charge is 0.318 e. The fourth-order valence-corrected chi connectivity index (χ4v) is 7.90. The Balaban J connectivity index is 1.19. The minimum absolute atomic E-state index is 0.152. The van der Waals surface area contributed by atoms with Crippen molar-refractivity contribution in [3.8, 4) is 0 Å². The largest absolute Gasteiger partial charge is 0.379 e. The summed E-state index contributed by atoms with van der Waals surface area (Å²) >= 11 is 0. The standard InChI is InChI=1S/C41H46N4O4S/c1-33(39-19-10-17-37-16-8-9-18-40(37)39)42-41(46)44(25-11-24-43-26-28-49-29-27-43)30-36-20-22-38(23-21-36)50(47,48)45(31-34-12-4-2-5-13-34)32-35-14-6-3-7-15-35/h2-10,12-23,33H,11,24-32H2,1H3,(H,42,46)/t33-/m0/s1. The summed E-state index contributed by atoms with van der Waals surface area (Å²) in [5.74, 6) is 0. The number of benzene rings is 5. The van der Waals surface area contributed by atoms with Gasteiger partial charge >= 0.3 is 6.03 Å². The molecule has 50 heavy (non-hydrogen) atoms. The van der Waals surface area contributed by atoms with E-state index in [-0.39, 0.29) is 30.1 Å². The van der Waals surface area contributed by atoms with E-state index >= 15 is 0 Å². The Morgan fingerprint density at radius 3 is 1.98 bits per heavy atom. The number of nitrogens with one attached hydrogen (secondary N) is 1. The number of hydrogen-bond acceptors (Lipinski definition) is 5. The summed E-state index contributed by atoms with van der Waals surface area (Å²) in [7, 11) is -3.83. The van der Waals surface area contributed by atoms with Gasteiger partial charge in [0.2, 0.25) is 10.0 Å². The number of carbonyl (C=O) groups is 1. The van der Waals surface area contributed by atoms with Gasteiger partial charge in [0, 0.05) is 45.8 Å². The Labute approximate surface area is 296 Å². The number of nitrogens with zero attached hydrogens (tertiary/aromatic N) is 3. The van der Waals surface area contributed by atoms with Gasteiger partial charge in [-0.2, -0.15) is 4.31 Å². The van der Waals surface area contributed by atoms with E-state index < -0.39 is 10.0 Å². The Kier molecular flexibility index (Phi) is 11.9. The van der Waals surface area contributed by atoms with Gasteiger partial charge < -0.3 is 15.0 Å². The van der Waals surface area contributed by atoms with Gasteiger partial charge in [-0.1, -0.05) is 115 Å². The molecule has 0 unspecified atom stereocenters. The number of morpholine rings is 1. The highest BCUT2D eigenvalue weighted by Gasteiger charge is 2.26. The van der Waals surface area contributed by atoms with E-state index in [1.165, 1.54) is 4.31 Å². The molecular weight excluding hydrogens is 645 g/mol. The van der Waals surface area contributed by atoms with E-state index in [1.54, 1.807) is 12.1 Å². The summed E-state index contributed by atoms with van der Waals surface area (Å²) in [4.78, 5) is 18.3. The quantitative estimate of drug-likeness (QED) is 0.133. The first-order valence-corrected chi connectivity index (χ1v) is 18.8. The van der Waals surface area contributed by atoms with Crippen molar-refractivity contribution >= 4 is 26.8 Å². The van der Waals surface area contributed by atoms with Gasteiger partial charge in [-0.3, -0.25) is 4.90 Å². The highest BCUT2D eigenvalue weighted by Crippen LogP contribution is 2.25. The van der Waals surface area contributed by atoms with Crippen LogP contribution in [0.1, 0.15) is 41.6 Å². The maximum absolute atomic E-state index is 14.1. The van der Waals surface area contributed by atoms with E-state index in [0.29, 0.717) is 13.1 Å². The van der Waals surface area contributed by atoms with Crippen LogP contribution < -0.4 is 5.32 Å². The lowest BCUT2D eigenvalue weighted by Gasteiger charge is -2.29. The highest BCUT2D eigenvalue weighted by atomic mass is 32.2. The van der Waals surface area contributed by atoms with Crippen molar-refractivity contribution in [1.29, 1.82) is 0 Å². The molecule has 1 aliphatic rings. The average Bonchev–Trinajstić information content (AvgIpc) is 3.15. The van der Waals surface area contributed by atoms with E-state index in [4.69, 9.17) is 4.74 Å². The molecule has 0 bridgehead atoms. The predicted molar refractivity (Wildman–Crippen MR) is 199 cm³/mol. The van der Waals surface area contributed by atoms with E-state index in [1.807, 2.05) is 103 Å². The van der Waals surface area contributed by atoms with Crippen LogP contribution in [-0.4, -0.2) is 67.9 Å². The van der Waals surface area contributed by atoms with Gasteiger partial charge in [-0.25, -0.2) is 13.2 Å². The number of sulfonamides is 1. The number of ether oxygens (including phenoxy) is 1. The molecule has 1 saturated heterocycles. The highest BCUT2D eigenvalue weighted by molar-refractivity contribution is 7.89. The lowest BCUT2D eigenvalue weighted by molar-refractivity contribution is 0.0364. The van der Waals surface area contributed by atoms with Crippen LogP contribution in [0.5, 0.6) is 0 Å². The van der Waals surface area contributed by atoms with Gasteiger partial charge in [0.15, 0.2) is 0 Å². The zero-order chi connectivity index (χ0) is 34.8. The van der Waals surface area contributed by atoms with Crippen molar-refractivity contribution in [2.75, 3.05) is 39.4 Å². The van der Waals surface area contributed by atoms with Crippen molar-refractivity contribution in [2.45, 2.75) is 43.9 Å². The van der Waals surface area contributed by atoms with E-state index in [0.717, 1.165) is 72.3 Å². The molecule has 0 saturated carbocycles. The van der Waals surface area contributed by atoms with Crippen molar-refractivity contribution in [3.63, 3.8) is 0 Å². The van der Waals surface area contributed by atoms with Crippen molar-refractivity contribution < 1.29 is 17.9 Å². The molecule has 1 fully saturated rings. The SMILES string of the molecule is C[C@H](NC(=O)N(CCCN1CCOCC1)Cc1ccc(S(=O)(=O)N(Cc2ccccc2)Cc2ccccc2)cc1)c1cccc2ccccc12. The third-order valence-electron chi connectivity index (χ3n) is 9.26. The fourth-order valence-electron chi connectivity index (χ4n) is 6.48. The molecule has 2 amide bonds. The predicted octanol–water partition coefficient (Wildman–Crippen LogP) is 7.23. The summed E-state index contributed by atoms with van der Waals surface area (Å²) in [5.41, 5.74) is 3.76. The summed E-state index contributed by atoms with van der Waals surface area (Å²) in [6, 6.07) is 40.3. The molecule has 8 nitrogen and oxygen atoms in total. The molecule has 0 spiro atoms. The third-order valence-corrected chi connectivity index (χ3v) is 11.1. The molecule has 0 aliphatic carbocycles. The molecule has 5 aromatic carbocycles. The molecule has 6 rings (SSSR count). The average molecular weight is 691 g/mol. The topological polar surface area (TPSA) is 82.2 Å². The summed E-state index contributed by atoms with van der Waals surface area (Å²) in [6.07, 6.45) is 0.816. The molecule has 1 atom stereocenters. The van der Waals surface area contributed by atoms with Crippen molar-refractivity contribution in [3.05, 3.63) is 150 Å². The minimum Gasteiger partial charge on any atom is -0.379 e. The van der Waals surface area contributed by atoms with Gasteiger partial charge in [-0.05, 0) is 58.5 Å². The van der Waals surface area contributed by atoms with Crippen LogP contribution in [0.2, 0.25) is 0 Å². The van der Waals surface area contributed by atoms with Crippen LogP contribution in [0.25, 0.3) is 10.8 Å². The molecule has 0 radical (unpaired) electrons. The molecule has 5 aromatic rings. The second-order valence-electron chi connectivity index (χ2n) is 12.9. The van der Waals surface area contributed by atoms with Crippen LogP contribution in [0, 0.1) is 0 Å². The third kappa shape index (κ3) is 9.17. The summed E-state index contributed by atoms with van der Waals surface area (Å²) in [5, 5.41) is 5.50. The Morgan fingerprint density at radius 2 is 1.32 bits per heavy atom. The van der Waals surface area contributed by atoms with Gasteiger partial charge in [0.1, 0.15) is 0 Å². The minimum atomic E-state index is -3.83. The van der Waals surface area contributed by atoms with Crippen molar-refractivity contribution in [1.82, 2.24) is 19.4 Å². The number of fused-ring (bicyclic) bond motifs is 1. The first-order chi connectivity index (χ1) is 24.4. The zero-order valence-corrected chi connectivity index (χ0v) is 29.5. The van der Waals surface area contributed by atoms with Crippen molar-refractivity contribution in [2.24, 2.45) is 0 Å². The first-order valence-electron chi connectivity index (χ1n) is 17.4. The monoisotopic (exact) mass is 690 g/mol. The number of amides is 2. The lowest BCUT2D eigenvalue weighted by atomic mass is 10.00. The molecule has 1 heterocycles. The number of hydrogen-bond donors (Lipinski definition) is 1. The summed E-state index contributed by atoms with van der Waals surface area (Å²) in [6.45, 7) is 7.58. The zero-order valence-electron chi connectivity index (χ0n) is 28.7. The molecule has 9 heteroatoms. The van der Waals surface area contributed by atoms with Gasteiger partial charge in [-0.15, -0.1) is 0 Å². The first kappa shape index (κ1) is 35.3. The molecule has 0 aromatic heterocycles. The van der Waals surface area contributed by atoms with Crippen LogP contribution >= 0.6 is 0 Å². The Hall–Kier alpha value is -4.54. The lowest BCUT2D eigenvalue weighted by Crippen LogP contribution is -2.43. The van der Waals surface area contributed by atoms with Gasteiger partial charge in [0.25, 0.3) is 0 Å². The number of urea groups is 1. The van der Waals surface area contributed by atoms with Gasteiger partial charge in [0.05, 0.1) is 24.2 Å². The second-order valence-corrected chi connectivity index (χ2v) is 14.8. The second kappa shape index (κ2) is 16.9. The van der Waals surface area contributed by atoms with Crippen LogP contribution in [0.15, 0.2) is 132 Å². The summed E-state index contributed by atoms with van der Waals surface area (Å²) < 4.78 is 35.1. The maximum atomic E-state index is 14.1. The fraction of sp³-hybridized carbons (Fsp3) is 0.293. The Morgan fingerprint density at radius 1 is 0.740 bits per heavy atom. The van der Waals surface area contributed by atoms with Crippen LogP contribution in [0.4, 0.5) is 4.79 Å². The van der Waals surface area contributed by atoms with E-state index in [9.17, 15) is 13.2 Å². The normalized spacial score (nSPS) is 14.4. The molecule has 1 N–H and O–H groups in total.